The summed E-state index contributed by atoms with van der Waals surface area (Å²) >= 11 is 1.50. The van der Waals surface area contributed by atoms with Crippen LogP contribution in [0.3, 0.4) is 0 Å². The Kier molecular flexibility index (Phi) is 5.41. The first kappa shape index (κ1) is 18.2. The number of nitro groups is 1. The Morgan fingerprint density at radius 1 is 1.00 bits per heavy atom. The minimum Gasteiger partial charge on any atom is -0.297 e. The SMILES string of the molecule is CN(C)C(C)(C)C(=O)c1ccc(Sc2ccc([N+](=O)[O-])cc2)cc1. The van der Waals surface area contributed by atoms with Gasteiger partial charge in [-0.1, -0.05) is 23.9 Å². The van der Waals surface area contributed by atoms with Crippen LogP contribution < -0.4 is 0 Å². The highest BCUT2D eigenvalue weighted by Gasteiger charge is 2.30. The van der Waals surface area contributed by atoms with E-state index >= 15 is 0 Å². The van der Waals surface area contributed by atoms with Crippen LogP contribution in [0, 0.1) is 10.1 Å². The van der Waals surface area contributed by atoms with E-state index in [0.717, 1.165) is 9.79 Å². The summed E-state index contributed by atoms with van der Waals surface area (Å²) in [5.41, 5.74) is 0.181. The lowest BCUT2D eigenvalue weighted by molar-refractivity contribution is -0.384. The van der Waals surface area contributed by atoms with E-state index in [2.05, 4.69) is 0 Å². The standard InChI is InChI=1S/C18H20N2O3S/c1-18(2,19(3)4)17(21)13-5-9-15(10-6-13)24-16-11-7-14(8-12-16)20(22)23/h5-12H,1-4H3. The van der Waals surface area contributed by atoms with Crippen LogP contribution in [-0.4, -0.2) is 35.2 Å². The third-order valence-corrected chi connectivity index (χ3v) is 5.09. The average Bonchev–Trinajstić information content (AvgIpc) is 2.55. The van der Waals surface area contributed by atoms with Crippen LogP contribution >= 0.6 is 11.8 Å². The van der Waals surface area contributed by atoms with Gasteiger partial charge < -0.3 is 0 Å². The fourth-order valence-corrected chi connectivity index (χ4v) is 2.82. The van der Waals surface area contributed by atoms with Gasteiger partial charge in [-0.25, -0.2) is 0 Å². The topological polar surface area (TPSA) is 63.5 Å². The molecule has 24 heavy (non-hydrogen) atoms. The van der Waals surface area contributed by atoms with Gasteiger partial charge in [0.25, 0.3) is 5.69 Å². The monoisotopic (exact) mass is 344 g/mol. The van der Waals surface area contributed by atoms with Crippen LogP contribution in [0.5, 0.6) is 0 Å². The number of nitro benzene ring substituents is 1. The fourth-order valence-electron chi connectivity index (χ4n) is 2.00. The molecule has 0 N–H and O–H groups in total. The van der Waals surface area contributed by atoms with Crippen LogP contribution in [0.15, 0.2) is 58.3 Å². The number of carbonyl (C=O) groups is 1. The summed E-state index contributed by atoms with van der Waals surface area (Å²) in [6, 6.07) is 13.8. The normalized spacial score (nSPS) is 11.5. The third kappa shape index (κ3) is 4.01. The number of carbonyl (C=O) groups excluding carboxylic acids is 1. The van der Waals surface area contributed by atoms with Gasteiger partial charge in [-0.2, -0.15) is 0 Å². The molecule has 0 aromatic heterocycles. The molecule has 0 aliphatic rings. The Balaban J connectivity index is 2.12. The molecule has 0 fully saturated rings. The molecular weight excluding hydrogens is 324 g/mol. The molecule has 6 heteroatoms. The maximum absolute atomic E-state index is 12.6. The van der Waals surface area contributed by atoms with Gasteiger partial charge in [-0.05, 0) is 52.2 Å². The molecule has 0 aliphatic carbocycles. The number of benzene rings is 2. The van der Waals surface area contributed by atoms with Crippen LogP contribution in [0.25, 0.3) is 0 Å². The lowest BCUT2D eigenvalue weighted by atomic mass is 9.92. The number of ketones is 1. The number of nitrogens with zero attached hydrogens (tertiary/aromatic N) is 2. The number of likely N-dealkylation sites (N-methyl/N-ethyl adjacent to an activating group) is 1. The number of rotatable bonds is 6. The molecule has 5 nitrogen and oxygen atoms in total. The summed E-state index contributed by atoms with van der Waals surface area (Å²) in [6.45, 7) is 3.80. The molecule has 0 unspecified atom stereocenters. The van der Waals surface area contributed by atoms with Gasteiger partial charge in [0, 0.05) is 27.5 Å². The van der Waals surface area contributed by atoms with E-state index in [-0.39, 0.29) is 11.5 Å². The van der Waals surface area contributed by atoms with Crippen LogP contribution in [-0.2, 0) is 0 Å². The molecule has 0 bridgehead atoms. The zero-order valence-electron chi connectivity index (χ0n) is 14.1. The molecule has 0 atom stereocenters. The lowest BCUT2D eigenvalue weighted by Crippen LogP contribution is -2.45. The maximum atomic E-state index is 12.6. The second-order valence-corrected chi connectivity index (χ2v) is 7.31. The molecule has 0 radical (unpaired) electrons. The van der Waals surface area contributed by atoms with E-state index in [0.29, 0.717) is 5.56 Å². The predicted octanol–water partition coefficient (Wildman–Crippen LogP) is 4.27. The quantitative estimate of drug-likeness (QED) is 0.445. The van der Waals surface area contributed by atoms with E-state index in [1.165, 1.54) is 23.9 Å². The highest BCUT2D eigenvalue weighted by molar-refractivity contribution is 7.99. The Morgan fingerprint density at radius 3 is 1.88 bits per heavy atom. The molecule has 126 valence electrons. The maximum Gasteiger partial charge on any atom is 0.269 e. The molecule has 0 heterocycles. The highest BCUT2D eigenvalue weighted by atomic mass is 32.2. The molecule has 0 aliphatic heterocycles. The van der Waals surface area contributed by atoms with Crippen LogP contribution in [0.1, 0.15) is 24.2 Å². The van der Waals surface area contributed by atoms with Crippen molar-refractivity contribution in [2.24, 2.45) is 0 Å². The van der Waals surface area contributed by atoms with E-state index in [9.17, 15) is 14.9 Å². The van der Waals surface area contributed by atoms with E-state index in [1.807, 2.05) is 57.1 Å². The van der Waals surface area contributed by atoms with Crippen molar-refractivity contribution < 1.29 is 9.72 Å². The second-order valence-electron chi connectivity index (χ2n) is 6.16. The number of hydrogen-bond acceptors (Lipinski definition) is 5. The summed E-state index contributed by atoms with van der Waals surface area (Å²) < 4.78 is 0. The number of hydrogen-bond donors (Lipinski definition) is 0. The third-order valence-electron chi connectivity index (χ3n) is 4.07. The Bertz CT molecular complexity index is 738. The molecule has 0 saturated carbocycles. The first-order valence-electron chi connectivity index (χ1n) is 7.46. The molecule has 2 aromatic rings. The average molecular weight is 344 g/mol. The first-order chi connectivity index (χ1) is 11.2. The summed E-state index contributed by atoms with van der Waals surface area (Å²) in [5, 5.41) is 10.7. The molecule has 0 saturated heterocycles. The summed E-state index contributed by atoms with van der Waals surface area (Å²) in [4.78, 5) is 26.6. The van der Waals surface area contributed by atoms with Gasteiger partial charge in [-0.3, -0.25) is 19.8 Å². The van der Waals surface area contributed by atoms with Gasteiger partial charge in [0.2, 0.25) is 0 Å². The van der Waals surface area contributed by atoms with E-state index < -0.39 is 10.5 Å². The van der Waals surface area contributed by atoms with Gasteiger partial charge in [0.1, 0.15) is 0 Å². The van der Waals surface area contributed by atoms with Gasteiger partial charge >= 0.3 is 0 Å². The largest absolute Gasteiger partial charge is 0.297 e. The number of Topliss-reactive ketones (excluding diaryl/α,β-unsaturated/α-hetero) is 1. The van der Waals surface area contributed by atoms with Crippen molar-refractivity contribution >= 4 is 23.2 Å². The van der Waals surface area contributed by atoms with Crippen molar-refractivity contribution in [3.05, 3.63) is 64.2 Å². The summed E-state index contributed by atoms with van der Waals surface area (Å²) in [5.74, 6) is 0.0689. The van der Waals surface area contributed by atoms with Crippen molar-refractivity contribution in [1.29, 1.82) is 0 Å². The van der Waals surface area contributed by atoms with Crippen LogP contribution in [0.4, 0.5) is 5.69 Å². The Hall–Kier alpha value is -2.18. The first-order valence-corrected chi connectivity index (χ1v) is 8.28. The van der Waals surface area contributed by atoms with Crippen molar-refractivity contribution in [2.75, 3.05) is 14.1 Å². The summed E-state index contributed by atoms with van der Waals surface area (Å²) in [6.07, 6.45) is 0. The predicted molar refractivity (Wildman–Crippen MR) is 95.8 cm³/mol. The van der Waals surface area contributed by atoms with Crippen molar-refractivity contribution in [3.8, 4) is 0 Å². The van der Waals surface area contributed by atoms with Crippen molar-refractivity contribution in [2.45, 2.75) is 29.2 Å². The molecule has 0 amide bonds. The van der Waals surface area contributed by atoms with Crippen LogP contribution in [0.2, 0.25) is 0 Å². The number of non-ortho nitro benzene ring substituents is 1. The fraction of sp³-hybridized carbons (Fsp3) is 0.278. The molecule has 0 spiro atoms. The molecule has 2 rings (SSSR count). The van der Waals surface area contributed by atoms with E-state index in [1.54, 1.807) is 12.1 Å². The lowest BCUT2D eigenvalue weighted by Gasteiger charge is -2.30. The second kappa shape index (κ2) is 7.15. The van der Waals surface area contributed by atoms with Gasteiger partial charge in [0.05, 0.1) is 10.5 Å². The Labute approximate surface area is 145 Å². The van der Waals surface area contributed by atoms with Gasteiger partial charge in [0.15, 0.2) is 5.78 Å². The van der Waals surface area contributed by atoms with Crippen molar-refractivity contribution in [3.63, 3.8) is 0 Å². The molecule has 2 aromatic carbocycles. The Morgan fingerprint density at radius 2 is 1.46 bits per heavy atom. The minimum absolute atomic E-state index is 0.0689. The van der Waals surface area contributed by atoms with Gasteiger partial charge in [-0.15, -0.1) is 0 Å². The minimum atomic E-state index is -0.562. The smallest absolute Gasteiger partial charge is 0.269 e. The summed E-state index contributed by atoms with van der Waals surface area (Å²) in [7, 11) is 3.77. The van der Waals surface area contributed by atoms with Crippen molar-refractivity contribution in [1.82, 2.24) is 4.90 Å². The zero-order chi connectivity index (χ0) is 17.9. The highest BCUT2D eigenvalue weighted by Crippen LogP contribution is 2.29. The van der Waals surface area contributed by atoms with E-state index in [4.69, 9.17) is 0 Å². The zero-order valence-corrected chi connectivity index (χ0v) is 15.0. The molecular formula is C18H20N2O3S.